The summed E-state index contributed by atoms with van der Waals surface area (Å²) in [5.41, 5.74) is 4.39. The number of nitrogens with one attached hydrogen (secondary N) is 1. The zero-order valence-electron chi connectivity index (χ0n) is 12.7. The van der Waals surface area contributed by atoms with Crippen LogP contribution in [0.4, 0.5) is 0 Å². The second-order valence-corrected chi connectivity index (χ2v) is 6.32. The van der Waals surface area contributed by atoms with E-state index in [2.05, 4.69) is 4.98 Å². The molecule has 0 saturated carbocycles. The molecule has 1 amide bonds. The molecule has 0 aliphatic carbocycles. The minimum Gasteiger partial charge on any atom is -0.480 e. The second kappa shape index (κ2) is 4.47. The van der Waals surface area contributed by atoms with Crippen molar-refractivity contribution < 1.29 is 14.7 Å². The number of benzene rings is 2. The number of aromatic amines is 1. The Hall–Kier alpha value is -3.08. The summed E-state index contributed by atoms with van der Waals surface area (Å²) in [7, 11) is 0. The van der Waals surface area contributed by atoms with E-state index in [4.69, 9.17) is 0 Å². The standard InChI is InChI=1S/C19H14N2O3/c22-18-12-7-2-1-6-11(12)17-16-13(9-15(19(23)24)21(17)18)10-5-3-4-8-14(10)20-16/h1-8,15,17,20H,9H2,(H,23,24)/t15-,17+/m1/s1. The Bertz CT molecular complexity index is 1020. The van der Waals surface area contributed by atoms with Gasteiger partial charge in [-0.15, -0.1) is 0 Å². The maximum absolute atomic E-state index is 12.8. The van der Waals surface area contributed by atoms with Gasteiger partial charge in [-0.2, -0.15) is 0 Å². The molecule has 0 unspecified atom stereocenters. The normalized spacial score (nSPS) is 21.5. The first-order chi connectivity index (χ1) is 11.7. The number of aliphatic carboxylic acids is 1. The van der Waals surface area contributed by atoms with E-state index in [9.17, 15) is 14.7 Å². The first kappa shape index (κ1) is 13.4. The van der Waals surface area contributed by atoms with Crippen molar-refractivity contribution in [3.8, 4) is 0 Å². The number of carboxylic acid groups (broad SMARTS) is 1. The van der Waals surface area contributed by atoms with Gasteiger partial charge in [0.1, 0.15) is 6.04 Å². The maximum Gasteiger partial charge on any atom is 0.326 e. The van der Waals surface area contributed by atoms with Gasteiger partial charge in [-0.3, -0.25) is 4.79 Å². The van der Waals surface area contributed by atoms with Crippen LogP contribution in [0.2, 0.25) is 0 Å². The molecule has 24 heavy (non-hydrogen) atoms. The average molecular weight is 318 g/mol. The van der Waals surface area contributed by atoms with Gasteiger partial charge in [0, 0.05) is 28.6 Å². The monoisotopic (exact) mass is 318 g/mol. The molecule has 2 atom stereocenters. The molecule has 0 bridgehead atoms. The van der Waals surface area contributed by atoms with E-state index in [1.54, 1.807) is 6.07 Å². The summed E-state index contributed by atoms with van der Waals surface area (Å²) in [4.78, 5) is 29.6. The fourth-order valence-corrected chi connectivity index (χ4v) is 4.12. The number of carboxylic acids is 1. The summed E-state index contributed by atoms with van der Waals surface area (Å²) < 4.78 is 0. The number of nitrogens with zero attached hydrogens (tertiary/aromatic N) is 1. The Balaban J connectivity index is 1.83. The summed E-state index contributed by atoms with van der Waals surface area (Å²) in [5.74, 6) is -1.16. The van der Waals surface area contributed by atoms with E-state index in [1.807, 2.05) is 42.5 Å². The van der Waals surface area contributed by atoms with E-state index in [0.29, 0.717) is 12.0 Å². The summed E-state index contributed by atoms with van der Waals surface area (Å²) in [5, 5.41) is 10.8. The lowest BCUT2D eigenvalue weighted by molar-refractivity contribution is -0.143. The number of fused-ring (bicyclic) bond motifs is 7. The predicted molar refractivity (Wildman–Crippen MR) is 87.9 cm³/mol. The van der Waals surface area contributed by atoms with Crippen molar-refractivity contribution in [2.75, 3.05) is 0 Å². The van der Waals surface area contributed by atoms with Gasteiger partial charge in [-0.1, -0.05) is 36.4 Å². The number of para-hydroxylation sites is 1. The molecule has 3 heterocycles. The molecular weight excluding hydrogens is 304 g/mol. The van der Waals surface area contributed by atoms with Gasteiger partial charge in [0.2, 0.25) is 0 Å². The van der Waals surface area contributed by atoms with Gasteiger partial charge in [0.05, 0.1) is 6.04 Å². The van der Waals surface area contributed by atoms with Gasteiger partial charge in [0.25, 0.3) is 5.91 Å². The average Bonchev–Trinajstić information content (AvgIpc) is 3.11. The van der Waals surface area contributed by atoms with Crippen molar-refractivity contribution in [2.45, 2.75) is 18.5 Å². The Labute approximate surface area is 137 Å². The molecule has 0 saturated heterocycles. The highest BCUT2D eigenvalue weighted by molar-refractivity contribution is 6.03. The van der Waals surface area contributed by atoms with Gasteiger partial charge in [-0.05, 0) is 23.3 Å². The zero-order chi connectivity index (χ0) is 16.4. The van der Waals surface area contributed by atoms with Crippen LogP contribution in [0.15, 0.2) is 48.5 Å². The fourth-order valence-electron chi connectivity index (χ4n) is 4.12. The highest BCUT2D eigenvalue weighted by Crippen LogP contribution is 2.46. The van der Waals surface area contributed by atoms with Crippen LogP contribution < -0.4 is 0 Å². The van der Waals surface area contributed by atoms with Crippen LogP contribution in [-0.2, 0) is 11.2 Å². The SMILES string of the molecule is O=C(O)[C@H]1Cc2c([nH]c3ccccc23)[C@@H]2c3ccccc3C(=O)N21. The van der Waals surface area contributed by atoms with Crippen LogP contribution in [0, 0.1) is 0 Å². The van der Waals surface area contributed by atoms with Crippen LogP contribution >= 0.6 is 0 Å². The highest BCUT2D eigenvalue weighted by Gasteiger charge is 2.48. The molecule has 2 aliphatic heterocycles. The Morgan fingerprint density at radius 3 is 2.71 bits per heavy atom. The third-order valence-electron chi connectivity index (χ3n) is 5.14. The molecule has 0 spiro atoms. The molecule has 5 heteroatoms. The van der Waals surface area contributed by atoms with Crippen molar-refractivity contribution >= 4 is 22.8 Å². The summed E-state index contributed by atoms with van der Waals surface area (Å²) >= 11 is 0. The van der Waals surface area contributed by atoms with E-state index in [-0.39, 0.29) is 11.9 Å². The van der Waals surface area contributed by atoms with E-state index >= 15 is 0 Å². The van der Waals surface area contributed by atoms with Crippen LogP contribution in [0.25, 0.3) is 10.9 Å². The molecule has 2 aliphatic rings. The van der Waals surface area contributed by atoms with E-state index in [1.165, 1.54) is 4.90 Å². The third-order valence-corrected chi connectivity index (χ3v) is 5.14. The molecule has 2 aromatic carbocycles. The fraction of sp³-hybridized carbons (Fsp3) is 0.158. The molecule has 118 valence electrons. The minimum atomic E-state index is -0.961. The number of hydrogen-bond donors (Lipinski definition) is 2. The molecule has 2 N–H and O–H groups in total. The Morgan fingerprint density at radius 2 is 1.88 bits per heavy atom. The molecule has 0 radical (unpaired) electrons. The first-order valence-electron chi connectivity index (χ1n) is 7.90. The Morgan fingerprint density at radius 1 is 1.12 bits per heavy atom. The zero-order valence-corrected chi connectivity index (χ0v) is 12.7. The number of amides is 1. The van der Waals surface area contributed by atoms with Gasteiger partial charge >= 0.3 is 5.97 Å². The van der Waals surface area contributed by atoms with Crippen LogP contribution in [0.5, 0.6) is 0 Å². The largest absolute Gasteiger partial charge is 0.480 e. The number of carbonyl (C=O) groups excluding carboxylic acids is 1. The molecule has 5 nitrogen and oxygen atoms in total. The molecule has 3 aromatic rings. The van der Waals surface area contributed by atoms with Crippen LogP contribution in [-0.4, -0.2) is 32.9 Å². The Kier molecular flexibility index (Phi) is 2.49. The lowest BCUT2D eigenvalue weighted by Gasteiger charge is -2.35. The summed E-state index contributed by atoms with van der Waals surface area (Å²) in [6, 6.07) is 14.1. The quantitative estimate of drug-likeness (QED) is 0.724. The number of H-pyrrole nitrogens is 1. The van der Waals surface area contributed by atoms with Crippen molar-refractivity contribution in [3.63, 3.8) is 0 Å². The van der Waals surface area contributed by atoms with Crippen LogP contribution in [0.3, 0.4) is 0 Å². The van der Waals surface area contributed by atoms with Crippen molar-refractivity contribution in [3.05, 3.63) is 70.9 Å². The van der Waals surface area contributed by atoms with Gasteiger partial charge < -0.3 is 15.0 Å². The minimum absolute atomic E-state index is 0.202. The topological polar surface area (TPSA) is 73.4 Å². The highest BCUT2D eigenvalue weighted by atomic mass is 16.4. The maximum atomic E-state index is 12.8. The summed E-state index contributed by atoms with van der Waals surface area (Å²) in [6.07, 6.45) is 0.324. The summed E-state index contributed by atoms with van der Waals surface area (Å²) in [6.45, 7) is 0. The molecule has 5 rings (SSSR count). The number of aromatic nitrogens is 1. The predicted octanol–water partition coefficient (Wildman–Crippen LogP) is 2.72. The lowest BCUT2D eigenvalue weighted by atomic mass is 9.90. The van der Waals surface area contributed by atoms with Crippen LogP contribution in [0.1, 0.15) is 33.2 Å². The van der Waals surface area contributed by atoms with Gasteiger partial charge in [0.15, 0.2) is 0 Å². The third kappa shape index (κ3) is 1.53. The van der Waals surface area contributed by atoms with E-state index < -0.39 is 12.0 Å². The smallest absolute Gasteiger partial charge is 0.326 e. The van der Waals surface area contributed by atoms with Crippen molar-refractivity contribution in [2.24, 2.45) is 0 Å². The van der Waals surface area contributed by atoms with E-state index in [0.717, 1.165) is 27.7 Å². The van der Waals surface area contributed by atoms with Crippen molar-refractivity contribution in [1.29, 1.82) is 0 Å². The lowest BCUT2D eigenvalue weighted by Crippen LogP contribution is -2.48. The van der Waals surface area contributed by atoms with Gasteiger partial charge in [-0.25, -0.2) is 4.79 Å². The number of rotatable bonds is 1. The second-order valence-electron chi connectivity index (χ2n) is 6.32. The molecule has 1 aromatic heterocycles. The molecular formula is C19H14N2O3. The number of hydrogen-bond acceptors (Lipinski definition) is 2. The van der Waals surface area contributed by atoms with Crippen molar-refractivity contribution in [1.82, 2.24) is 9.88 Å². The molecule has 0 fully saturated rings. The first-order valence-corrected chi connectivity index (χ1v) is 7.90. The number of carbonyl (C=O) groups is 2.